The maximum atomic E-state index is 12.9. The summed E-state index contributed by atoms with van der Waals surface area (Å²) in [5.74, 6) is -0.215. The molecule has 230 valence electrons. The van der Waals surface area contributed by atoms with Crippen molar-refractivity contribution in [1.82, 2.24) is 24.1 Å². The molecule has 1 amide bonds. The molecule has 0 bridgehead atoms. The third kappa shape index (κ3) is 6.96. The average Bonchev–Trinajstić information content (AvgIpc) is 3.59. The molecule has 7 atom stereocenters. The summed E-state index contributed by atoms with van der Waals surface area (Å²) in [6.07, 6.45) is -1.23. The fourth-order valence-electron chi connectivity index (χ4n) is 4.30. The van der Waals surface area contributed by atoms with Crippen LogP contribution in [0.25, 0.3) is 11.2 Å². The van der Waals surface area contributed by atoms with Gasteiger partial charge in [-0.2, -0.15) is 8.62 Å². The van der Waals surface area contributed by atoms with Crippen LogP contribution in [0, 0.1) is 11.6 Å². The van der Waals surface area contributed by atoms with E-state index in [0.29, 0.717) is 22.7 Å². The number of phosphoric ester groups is 1. The number of rotatable bonds is 10. The van der Waals surface area contributed by atoms with Crippen LogP contribution in [0.5, 0.6) is 0 Å². The number of H-pyrrole nitrogens is 1. The Bertz CT molecular complexity index is 1720. The van der Waals surface area contributed by atoms with Crippen molar-refractivity contribution in [2.75, 3.05) is 11.9 Å². The summed E-state index contributed by atoms with van der Waals surface area (Å²) in [5.41, 5.74) is 1.16. The second kappa shape index (κ2) is 11.4. The van der Waals surface area contributed by atoms with Crippen LogP contribution in [0.15, 0.2) is 24.8 Å². The number of nitrogens with one attached hydrogen (secondary N) is 2. The Morgan fingerprint density at radius 1 is 1.14 bits per heavy atom. The Kier molecular flexibility index (Phi) is 8.47. The number of aromatic amines is 1. The summed E-state index contributed by atoms with van der Waals surface area (Å²) >= 11 is 5.27. The van der Waals surface area contributed by atoms with Gasteiger partial charge in [0.1, 0.15) is 35.3 Å². The van der Waals surface area contributed by atoms with E-state index in [4.69, 9.17) is 40.7 Å². The minimum absolute atomic E-state index is 0.197. The number of anilines is 1. The van der Waals surface area contributed by atoms with E-state index in [2.05, 4.69) is 28.9 Å². The molecule has 2 aliphatic rings. The van der Waals surface area contributed by atoms with Crippen molar-refractivity contribution in [3.63, 3.8) is 0 Å². The quantitative estimate of drug-likeness (QED) is 0.130. The molecule has 24 heteroatoms. The first-order chi connectivity index (χ1) is 19.5. The highest BCUT2D eigenvalue weighted by Crippen LogP contribution is 2.66. The molecule has 0 aromatic carbocycles. The molecule has 2 aliphatic heterocycles. The zero-order valence-corrected chi connectivity index (χ0v) is 24.8. The maximum absolute atomic E-state index is 12.9. The van der Waals surface area contributed by atoms with Gasteiger partial charge in [0.25, 0.3) is 5.91 Å². The topological polar surface area (TPSA) is 268 Å². The molecule has 5 heterocycles. The van der Waals surface area contributed by atoms with E-state index in [1.165, 1.54) is 10.9 Å². The normalized spacial score (nSPS) is 27.0. The van der Waals surface area contributed by atoms with Crippen molar-refractivity contribution in [2.24, 2.45) is 7.05 Å². The highest BCUT2D eigenvalue weighted by atomic mass is 32.1. The minimum Gasteiger partial charge on any atom is -0.355 e. The molecule has 5 rings (SSSR count). The van der Waals surface area contributed by atoms with E-state index in [-0.39, 0.29) is 4.64 Å². The fraction of sp³-hybridized carbons (Fsp3) is 0.444. The molecular formula is C18H23N6O14P3S. The van der Waals surface area contributed by atoms with Crippen LogP contribution in [0.1, 0.15) is 12.1 Å². The molecule has 7 unspecified atom stereocenters. The minimum atomic E-state index is -5.75. The molecule has 0 saturated carbocycles. The molecule has 0 radical (unpaired) electrons. The van der Waals surface area contributed by atoms with E-state index >= 15 is 0 Å². The number of aromatic nitrogens is 5. The lowest BCUT2D eigenvalue weighted by Gasteiger charge is -2.22. The van der Waals surface area contributed by atoms with Crippen LogP contribution in [-0.2, 0) is 52.9 Å². The molecule has 0 spiro atoms. The van der Waals surface area contributed by atoms with Gasteiger partial charge in [-0.25, -0.2) is 23.7 Å². The Morgan fingerprint density at radius 2 is 1.86 bits per heavy atom. The number of aryl methyl sites for hydroxylation is 2. The van der Waals surface area contributed by atoms with Gasteiger partial charge in [-0.1, -0.05) is 12.2 Å². The lowest BCUT2D eigenvalue weighted by molar-refractivity contribution is -0.166. The number of hydrogen-bond donors (Lipinski definition) is 6. The van der Waals surface area contributed by atoms with E-state index in [0.717, 1.165) is 0 Å². The number of hydrogen-bond acceptors (Lipinski definition) is 13. The predicted octanol–water partition coefficient (Wildman–Crippen LogP) is 1.13. The lowest BCUT2D eigenvalue weighted by atomic mass is 10.1. The van der Waals surface area contributed by atoms with Crippen LogP contribution in [0.4, 0.5) is 5.69 Å². The van der Waals surface area contributed by atoms with Crippen molar-refractivity contribution in [3.8, 4) is 0 Å². The van der Waals surface area contributed by atoms with Gasteiger partial charge in [0.2, 0.25) is 6.29 Å². The van der Waals surface area contributed by atoms with Gasteiger partial charge in [-0.15, -0.1) is 0 Å². The van der Waals surface area contributed by atoms with Crippen LogP contribution >= 0.6 is 35.7 Å². The fourth-order valence-corrected chi connectivity index (χ4v) is 7.62. The first-order valence-corrected chi connectivity index (χ1v) is 16.5. The third-order valence-electron chi connectivity index (χ3n) is 5.82. The van der Waals surface area contributed by atoms with Crippen LogP contribution < -0.4 is 5.32 Å². The zero-order chi connectivity index (χ0) is 30.6. The van der Waals surface area contributed by atoms with Gasteiger partial charge in [0.05, 0.1) is 18.6 Å². The van der Waals surface area contributed by atoms with Gasteiger partial charge in [0.15, 0.2) is 10.9 Å². The molecule has 2 saturated heterocycles. The Morgan fingerprint density at radius 3 is 2.52 bits per heavy atom. The zero-order valence-electron chi connectivity index (χ0n) is 21.3. The summed E-state index contributed by atoms with van der Waals surface area (Å²) in [7, 11) is -15.1. The monoisotopic (exact) mass is 672 g/mol. The summed E-state index contributed by atoms with van der Waals surface area (Å²) in [5, 5.41) is 2.63. The molecule has 20 nitrogen and oxygen atoms in total. The average molecular weight is 672 g/mol. The first kappa shape index (κ1) is 31.2. The number of carbonyl (C=O) groups excluding carboxylic acids is 1. The lowest BCUT2D eigenvalue weighted by Crippen LogP contribution is -2.34. The van der Waals surface area contributed by atoms with E-state index in [9.17, 15) is 28.3 Å². The number of ether oxygens (including phenoxy) is 3. The number of fused-ring (bicyclic) bond motifs is 2. The molecule has 2 fully saturated rings. The summed E-state index contributed by atoms with van der Waals surface area (Å²) < 4.78 is 68.2. The van der Waals surface area contributed by atoms with E-state index in [1.807, 2.05) is 0 Å². The first-order valence-electron chi connectivity index (χ1n) is 11.6. The molecule has 3 aromatic rings. The molecular weight excluding hydrogens is 649 g/mol. The van der Waals surface area contributed by atoms with Crippen molar-refractivity contribution >= 4 is 58.4 Å². The maximum Gasteiger partial charge on any atom is 0.490 e. The van der Waals surface area contributed by atoms with Gasteiger partial charge >= 0.3 is 23.5 Å². The summed E-state index contributed by atoms with van der Waals surface area (Å²) in [6, 6.07) is 1.64. The van der Waals surface area contributed by atoms with Crippen molar-refractivity contribution in [1.29, 1.82) is 0 Å². The summed E-state index contributed by atoms with van der Waals surface area (Å²) in [4.78, 5) is 61.1. The second-order valence-electron chi connectivity index (χ2n) is 9.02. The van der Waals surface area contributed by atoms with Gasteiger partial charge in [-0.3, -0.25) is 13.9 Å². The third-order valence-corrected chi connectivity index (χ3v) is 9.90. The standard InChI is InChI=1S/C18H23N6O14P3S/c1-8-20-14-11(16(42)21-8)19-7-24(14)17-13-12(35-18(36-13)15(25)22-9-3-4-23(2)5-9)10(34-17)6-33-40(29,30)38-41(31,32)37-39(26,27)28/h3-5,7,10,12-13,17-18H,6H2,1-2H3,(H,22,25)(H,29,30)(H,31,32)(H,20,21,42)(H2,26,27,28). The van der Waals surface area contributed by atoms with Gasteiger partial charge in [-0.05, 0) is 13.0 Å². The SMILES string of the molecule is Cc1nc(=S)c2ncn(C3OC(COP(=O)(O)OP(=O)(O)OP(=O)(O)O)C4OC(C(=O)Nc5ccn(C)c5)OC43)c2[nH]1. The summed E-state index contributed by atoms with van der Waals surface area (Å²) in [6.45, 7) is 0.816. The van der Waals surface area contributed by atoms with Crippen molar-refractivity contribution in [2.45, 2.75) is 37.8 Å². The Balaban J connectivity index is 1.38. The number of phosphoric acid groups is 3. The number of imidazole rings is 1. The Hall–Kier alpha value is -2.19. The van der Waals surface area contributed by atoms with Crippen LogP contribution in [-0.4, -0.2) is 80.8 Å². The largest absolute Gasteiger partial charge is 0.490 e. The smallest absolute Gasteiger partial charge is 0.355 e. The van der Waals surface area contributed by atoms with Gasteiger partial charge < -0.3 is 48.7 Å². The number of carbonyl (C=O) groups is 1. The van der Waals surface area contributed by atoms with Crippen LogP contribution in [0.3, 0.4) is 0 Å². The van der Waals surface area contributed by atoms with Crippen molar-refractivity contribution in [3.05, 3.63) is 35.3 Å². The van der Waals surface area contributed by atoms with E-state index in [1.54, 1.807) is 37.0 Å². The Labute approximate surface area is 240 Å². The molecule has 3 aromatic heterocycles. The second-order valence-corrected chi connectivity index (χ2v) is 13.8. The highest BCUT2D eigenvalue weighted by molar-refractivity contribution is 7.71. The van der Waals surface area contributed by atoms with E-state index < -0.39 is 66.8 Å². The van der Waals surface area contributed by atoms with Gasteiger partial charge in [0, 0.05) is 19.4 Å². The molecule has 42 heavy (non-hydrogen) atoms. The number of nitrogens with zero attached hydrogens (tertiary/aromatic N) is 4. The van der Waals surface area contributed by atoms with Crippen molar-refractivity contribution < 1.29 is 65.4 Å². The highest BCUT2D eigenvalue weighted by Gasteiger charge is 2.56. The molecule has 0 aliphatic carbocycles. The molecule has 6 N–H and O–H groups in total. The van der Waals surface area contributed by atoms with Crippen LogP contribution in [0.2, 0.25) is 0 Å². The number of amides is 1. The predicted molar refractivity (Wildman–Crippen MR) is 139 cm³/mol.